The Morgan fingerprint density at radius 2 is 1.70 bits per heavy atom. The van der Waals surface area contributed by atoms with Crippen LogP contribution in [0.1, 0.15) is 62.4 Å². The molecule has 1 aliphatic rings. The fraction of sp³-hybridized carbons (Fsp3) is 0.480. The van der Waals surface area contributed by atoms with Crippen LogP contribution in [0.3, 0.4) is 0 Å². The molecule has 1 aliphatic heterocycles. The number of fused-ring (bicyclic) bond motifs is 1. The molecule has 2 N–H and O–H groups in total. The second-order valence-corrected chi connectivity index (χ2v) is 12.9. The smallest absolute Gasteiger partial charge is 0.264 e. The van der Waals surface area contributed by atoms with Crippen molar-refractivity contribution in [1.82, 2.24) is 10.0 Å². The van der Waals surface area contributed by atoms with Gasteiger partial charge in [0.05, 0.1) is 11.4 Å². The second kappa shape index (κ2) is 8.95. The predicted molar refractivity (Wildman–Crippen MR) is 138 cm³/mol. The molecule has 0 fully saturated rings. The standard InChI is InChI=1S/C25H34BrN3O3S/c1-15-16(2)22(17(3)20-13-25(7,8)32-21(15)20)33(30,31)29-23(28-24(4,5)6)27-14-18-9-11-19(26)12-10-18/h9-12H,13-14H2,1-8H3,(H2,27,28,29). The van der Waals surface area contributed by atoms with E-state index in [1.807, 2.05) is 79.7 Å². The van der Waals surface area contributed by atoms with Crippen LogP contribution in [0.2, 0.25) is 0 Å². The lowest BCUT2D eigenvalue weighted by atomic mass is 9.94. The maximum atomic E-state index is 13.7. The molecule has 180 valence electrons. The van der Waals surface area contributed by atoms with Gasteiger partial charge in [0.25, 0.3) is 10.0 Å². The van der Waals surface area contributed by atoms with Gasteiger partial charge < -0.3 is 10.1 Å². The average Bonchev–Trinajstić information content (AvgIpc) is 3.00. The molecule has 0 atom stereocenters. The molecule has 0 saturated carbocycles. The van der Waals surface area contributed by atoms with Crippen LogP contribution in [-0.4, -0.2) is 25.5 Å². The molecule has 0 amide bonds. The van der Waals surface area contributed by atoms with Crippen molar-refractivity contribution in [3.63, 3.8) is 0 Å². The van der Waals surface area contributed by atoms with Crippen molar-refractivity contribution >= 4 is 31.9 Å². The van der Waals surface area contributed by atoms with Gasteiger partial charge in [0.15, 0.2) is 0 Å². The molecule has 2 aromatic rings. The monoisotopic (exact) mass is 535 g/mol. The zero-order valence-electron chi connectivity index (χ0n) is 20.7. The van der Waals surface area contributed by atoms with E-state index in [2.05, 4.69) is 31.0 Å². The van der Waals surface area contributed by atoms with Gasteiger partial charge in [0, 0.05) is 22.0 Å². The minimum Gasteiger partial charge on any atom is -0.487 e. The lowest BCUT2D eigenvalue weighted by Gasteiger charge is -2.25. The molecule has 8 heteroatoms. The third kappa shape index (κ3) is 5.90. The molecule has 2 aromatic carbocycles. The van der Waals surface area contributed by atoms with Gasteiger partial charge in [-0.05, 0) is 89.8 Å². The maximum absolute atomic E-state index is 13.7. The first-order valence-electron chi connectivity index (χ1n) is 11.0. The zero-order valence-corrected chi connectivity index (χ0v) is 23.1. The number of hydrogen-bond acceptors (Lipinski definition) is 4. The summed E-state index contributed by atoms with van der Waals surface area (Å²) >= 11 is 3.43. The van der Waals surface area contributed by atoms with Crippen molar-refractivity contribution in [2.45, 2.75) is 84.4 Å². The number of rotatable bonds is 4. The lowest BCUT2D eigenvalue weighted by Crippen LogP contribution is -2.49. The number of ether oxygens (including phenoxy) is 1. The highest BCUT2D eigenvalue weighted by Gasteiger charge is 2.37. The van der Waals surface area contributed by atoms with Crippen molar-refractivity contribution in [2.75, 3.05) is 0 Å². The Bertz CT molecular complexity index is 1200. The van der Waals surface area contributed by atoms with Crippen molar-refractivity contribution in [3.8, 4) is 5.75 Å². The molecule has 0 aromatic heterocycles. The minimum absolute atomic E-state index is 0.221. The number of nitrogens with zero attached hydrogens (tertiary/aromatic N) is 1. The van der Waals surface area contributed by atoms with Crippen molar-refractivity contribution in [1.29, 1.82) is 0 Å². The van der Waals surface area contributed by atoms with Gasteiger partial charge in [-0.3, -0.25) is 0 Å². The van der Waals surface area contributed by atoms with E-state index in [0.717, 1.165) is 32.5 Å². The molecule has 0 radical (unpaired) electrons. The van der Waals surface area contributed by atoms with Gasteiger partial charge in [-0.15, -0.1) is 0 Å². The molecular weight excluding hydrogens is 502 g/mol. The first-order valence-corrected chi connectivity index (χ1v) is 13.3. The summed E-state index contributed by atoms with van der Waals surface area (Å²) in [5.41, 5.74) is 3.49. The van der Waals surface area contributed by atoms with Crippen molar-refractivity contribution in [3.05, 3.63) is 56.6 Å². The van der Waals surface area contributed by atoms with Crippen LogP contribution in [0, 0.1) is 20.8 Å². The summed E-state index contributed by atoms with van der Waals surface area (Å²) in [4.78, 5) is 4.87. The van der Waals surface area contributed by atoms with Crippen LogP contribution in [0.4, 0.5) is 0 Å². The highest BCUT2D eigenvalue weighted by Crippen LogP contribution is 2.43. The van der Waals surface area contributed by atoms with Gasteiger partial charge in [-0.1, -0.05) is 28.1 Å². The molecule has 0 saturated heterocycles. The van der Waals surface area contributed by atoms with Gasteiger partial charge in [-0.25, -0.2) is 18.1 Å². The van der Waals surface area contributed by atoms with Gasteiger partial charge >= 0.3 is 0 Å². The molecule has 0 unspecified atom stereocenters. The number of sulfonamides is 1. The van der Waals surface area contributed by atoms with Crippen LogP contribution in [0.5, 0.6) is 5.75 Å². The first kappa shape index (κ1) is 25.6. The largest absolute Gasteiger partial charge is 0.487 e. The molecule has 6 nitrogen and oxygen atoms in total. The summed E-state index contributed by atoms with van der Waals surface area (Å²) < 4.78 is 37.2. The van der Waals surface area contributed by atoms with Crippen LogP contribution in [-0.2, 0) is 23.0 Å². The fourth-order valence-corrected chi connectivity index (χ4v) is 5.86. The summed E-state index contributed by atoms with van der Waals surface area (Å²) in [7, 11) is -3.89. The van der Waals surface area contributed by atoms with Gasteiger partial charge in [0.2, 0.25) is 5.96 Å². The molecule has 0 bridgehead atoms. The quantitative estimate of drug-likeness (QED) is 0.410. The molecule has 33 heavy (non-hydrogen) atoms. The van der Waals surface area contributed by atoms with E-state index in [9.17, 15) is 8.42 Å². The van der Waals surface area contributed by atoms with Crippen LogP contribution in [0.25, 0.3) is 0 Å². The minimum atomic E-state index is -3.89. The Hall–Kier alpha value is -2.06. The normalized spacial score (nSPS) is 15.7. The van der Waals surface area contributed by atoms with E-state index in [-0.39, 0.29) is 17.1 Å². The fourth-order valence-electron chi connectivity index (χ4n) is 4.04. The number of benzene rings is 2. The van der Waals surface area contributed by atoms with Gasteiger partial charge in [0.1, 0.15) is 11.4 Å². The van der Waals surface area contributed by atoms with E-state index in [0.29, 0.717) is 23.4 Å². The van der Waals surface area contributed by atoms with Crippen LogP contribution >= 0.6 is 15.9 Å². The van der Waals surface area contributed by atoms with E-state index >= 15 is 0 Å². The predicted octanol–water partition coefficient (Wildman–Crippen LogP) is 5.31. The number of aliphatic imine (C=N–C) groups is 1. The highest BCUT2D eigenvalue weighted by molar-refractivity contribution is 9.10. The summed E-state index contributed by atoms with van der Waals surface area (Å²) in [6.45, 7) is 15.9. The SMILES string of the molecule is Cc1c(C)c(S(=O)(=O)NC(=NCc2ccc(Br)cc2)NC(C)(C)C)c(C)c2c1OC(C)(C)C2. The Morgan fingerprint density at radius 3 is 2.27 bits per heavy atom. The number of nitrogens with one attached hydrogen (secondary N) is 2. The molecule has 3 rings (SSSR count). The number of guanidine groups is 1. The molecule has 0 aliphatic carbocycles. The summed E-state index contributed by atoms with van der Waals surface area (Å²) in [6.07, 6.45) is 0.669. The number of halogens is 1. The highest BCUT2D eigenvalue weighted by atomic mass is 79.9. The number of hydrogen-bond donors (Lipinski definition) is 2. The average molecular weight is 537 g/mol. The summed E-state index contributed by atoms with van der Waals surface area (Å²) in [6, 6.07) is 7.79. The van der Waals surface area contributed by atoms with Crippen molar-refractivity contribution in [2.24, 2.45) is 4.99 Å². The van der Waals surface area contributed by atoms with E-state index in [4.69, 9.17) is 4.74 Å². The molecule has 0 spiro atoms. The topological polar surface area (TPSA) is 79.8 Å². The Labute approximate surface area is 206 Å². The summed E-state index contributed by atoms with van der Waals surface area (Å²) in [5, 5.41) is 3.21. The van der Waals surface area contributed by atoms with E-state index in [1.165, 1.54) is 0 Å². The third-order valence-corrected chi connectivity index (χ3v) is 7.76. The Kier molecular flexibility index (Phi) is 6.93. The molecule has 1 heterocycles. The molecular formula is C25H34BrN3O3S. The van der Waals surface area contributed by atoms with Crippen LogP contribution in [0.15, 0.2) is 38.6 Å². The van der Waals surface area contributed by atoms with Gasteiger partial charge in [-0.2, -0.15) is 0 Å². The first-order chi connectivity index (χ1) is 15.1. The second-order valence-electron chi connectivity index (χ2n) is 10.3. The zero-order chi connectivity index (χ0) is 24.8. The van der Waals surface area contributed by atoms with E-state index in [1.54, 1.807) is 0 Å². The summed E-state index contributed by atoms with van der Waals surface area (Å²) in [5.74, 6) is 1.03. The van der Waals surface area contributed by atoms with Crippen LogP contribution < -0.4 is 14.8 Å². The third-order valence-electron chi connectivity index (χ3n) is 5.62. The lowest BCUT2D eigenvalue weighted by molar-refractivity contribution is 0.137. The maximum Gasteiger partial charge on any atom is 0.264 e. The Morgan fingerprint density at radius 1 is 1.09 bits per heavy atom. The Balaban J connectivity index is 2.00. The van der Waals surface area contributed by atoms with Crippen molar-refractivity contribution < 1.29 is 13.2 Å². The van der Waals surface area contributed by atoms with E-state index < -0.39 is 10.0 Å².